The first-order valence-electron chi connectivity index (χ1n) is 5.80. The molecule has 0 aliphatic carbocycles. The third-order valence-electron chi connectivity index (χ3n) is 2.98. The van der Waals surface area contributed by atoms with E-state index in [9.17, 15) is 0 Å². The van der Waals surface area contributed by atoms with Crippen molar-refractivity contribution in [3.05, 3.63) is 29.8 Å². The summed E-state index contributed by atoms with van der Waals surface area (Å²) in [7, 11) is 0. The molecule has 1 aliphatic rings. The average molecular weight is 217 g/mol. The Morgan fingerprint density at radius 2 is 1.94 bits per heavy atom. The predicted molar refractivity (Wildman–Crippen MR) is 68.7 cm³/mol. The zero-order chi connectivity index (χ0) is 11.7. The molecule has 1 atom stereocenters. The Balaban J connectivity index is 2.22. The van der Waals surface area contributed by atoms with E-state index in [-0.39, 0.29) is 0 Å². The Morgan fingerprint density at radius 1 is 1.31 bits per heavy atom. The van der Waals surface area contributed by atoms with Crippen LogP contribution in [0.15, 0.2) is 29.4 Å². The monoisotopic (exact) mass is 217 g/mol. The van der Waals surface area contributed by atoms with Gasteiger partial charge in [0.1, 0.15) is 5.84 Å². The third kappa shape index (κ3) is 2.03. The van der Waals surface area contributed by atoms with Crippen LogP contribution in [0.1, 0.15) is 38.7 Å². The molecule has 1 heterocycles. The van der Waals surface area contributed by atoms with E-state index in [1.165, 1.54) is 5.56 Å². The van der Waals surface area contributed by atoms with Crippen LogP contribution in [0.25, 0.3) is 0 Å². The first-order valence-corrected chi connectivity index (χ1v) is 5.80. The minimum atomic E-state index is 0.366. The van der Waals surface area contributed by atoms with E-state index in [0.717, 1.165) is 17.9 Å². The summed E-state index contributed by atoms with van der Waals surface area (Å²) in [6.45, 7) is 6.53. The first kappa shape index (κ1) is 11.0. The Labute approximate surface area is 96.9 Å². The fourth-order valence-corrected chi connectivity index (χ4v) is 1.99. The molecule has 16 heavy (non-hydrogen) atoms. The third-order valence-corrected chi connectivity index (χ3v) is 2.98. The predicted octanol–water partition coefficient (Wildman–Crippen LogP) is 2.68. The van der Waals surface area contributed by atoms with Crippen molar-refractivity contribution < 1.29 is 0 Å². The van der Waals surface area contributed by atoms with E-state index < -0.39 is 0 Å². The minimum Gasteiger partial charge on any atom is -0.386 e. The maximum atomic E-state index is 5.74. The molecule has 1 aromatic carbocycles. The largest absolute Gasteiger partial charge is 0.386 e. The van der Waals surface area contributed by atoms with Gasteiger partial charge in [-0.15, -0.1) is 0 Å². The summed E-state index contributed by atoms with van der Waals surface area (Å²) >= 11 is 0. The lowest BCUT2D eigenvalue weighted by Gasteiger charge is -2.20. The van der Waals surface area contributed by atoms with Gasteiger partial charge in [-0.1, -0.05) is 26.0 Å². The number of hydrogen-bond acceptors (Lipinski definition) is 3. The van der Waals surface area contributed by atoms with Gasteiger partial charge in [0, 0.05) is 6.42 Å². The van der Waals surface area contributed by atoms with Gasteiger partial charge in [0.15, 0.2) is 0 Å². The summed E-state index contributed by atoms with van der Waals surface area (Å²) in [5.41, 5.74) is 8.22. The number of rotatable bonds is 2. The van der Waals surface area contributed by atoms with E-state index >= 15 is 0 Å². The summed E-state index contributed by atoms with van der Waals surface area (Å²) in [5.74, 6) is 1.29. The SMILES string of the molecule is CC(C)c1ccc(N2N=C(N)CC2C)cc1. The molecule has 0 bridgehead atoms. The molecule has 0 saturated heterocycles. The molecular weight excluding hydrogens is 198 g/mol. The Bertz CT molecular complexity index is 392. The highest BCUT2D eigenvalue weighted by Crippen LogP contribution is 2.25. The highest BCUT2D eigenvalue weighted by Gasteiger charge is 2.21. The average Bonchev–Trinajstić information content (AvgIpc) is 2.58. The van der Waals surface area contributed by atoms with E-state index in [0.29, 0.717) is 12.0 Å². The molecule has 0 amide bonds. The van der Waals surface area contributed by atoms with Gasteiger partial charge in [-0.3, -0.25) is 5.01 Å². The number of nitrogens with two attached hydrogens (primary N) is 1. The zero-order valence-corrected chi connectivity index (χ0v) is 10.1. The maximum absolute atomic E-state index is 5.74. The molecule has 2 N–H and O–H groups in total. The summed E-state index contributed by atoms with van der Waals surface area (Å²) < 4.78 is 0. The minimum absolute atomic E-state index is 0.366. The molecular formula is C13H19N3. The van der Waals surface area contributed by atoms with Crippen molar-refractivity contribution in [2.45, 2.75) is 39.2 Å². The van der Waals surface area contributed by atoms with Crippen LogP contribution in [0.5, 0.6) is 0 Å². The van der Waals surface area contributed by atoms with Crippen molar-refractivity contribution >= 4 is 11.5 Å². The quantitative estimate of drug-likeness (QED) is 0.827. The normalized spacial score (nSPS) is 20.4. The fourth-order valence-electron chi connectivity index (χ4n) is 1.99. The van der Waals surface area contributed by atoms with Gasteiger partial charge in [-0.05, 0) is 30.5 Å². The summed E-state index contributed by atoms with van der Waals surface area (Å²) in [6, 6.07) is 8.93. The van der Waals surface area contributed by atoms with Gasteiger partial charge >= 0.3 is 0 Å². The fraction of sp³-hybridized carbons (Fsp3) is 0.462. The van der Waals surface area contributed by atoms with Gasteiger partial charge in [-0.2, -0.15) is 5.10 Å². The lowest BCUT2D eigenvalue weighted by Crippen LogP contribution is -2.22. The molecule has 0 fully saturated rings. The topological polar surface area (TPSA) is 41.6 Å². The molecule has 3 nitrogen and oxygen atoms in total. The second kappa shape index (κ2) is 4.16. The molecule has 1 unspecified atom stereocenters. The Hall–Kier alpha value is -1.51. The zero-order valence-electron chi connectivity index (χ0n) is 10.1. The number of amidine groups is 1. The van der Waals surface area contributed by atoms with Crippen LogP contribution in [-0.4, -0.2) is 11.9 Å². The smallest absolute Gasteiger partial charge is 0.122 e. The van der Waals surface area contributed by atoms with E-state index in [1.807, 2.05) is 5.01 Å². The van der Waals surface area contributed by atoms with Gasteiger partial charge < -0.3 is 5.73 Å². The standard InChI is InChI=1S/C13H19N3/c1-9(2)11-4-6-12(7-5-11)16-10(3)8-13(14)15-16/h4-7,9-10H,8H2,1-3H3,(H2,14,15). The molecule has 0 radical (unpaired) electrons. The summed E-state index contributed by atoms with van der Waals surface area (Å²) in [6.07, 6.45) is 0.853. The lowest BCUT2D eigenvalue weighted by molar-refractivity contribution is 0.723. The number of hydrazone groups is 1. The molecule has 86 valence electrons. The van der Waals surface area contributed by atoms with Crippen LogP contribution in [0.4, 0.5) is 5.69 Å². The number of hydrogen-bond donors (Lipinski definition) is 1. The van der Waals surface area contributed by atoms with Gasteiger partial charge in [0.25, 0.3) is 0 Å². The molecule has 2 rings (SSSR count). The lowest BCUT2D eigenvalue weighted by atomic mass is 10.0. The van der Waals surface area contributed by atoms with E-state index in [4.69, 9.17) is 5.73 Å². The highest BCUT2D eigenvalue weighted by atomic mass is 15.5. The van der Waals surface area contributed by atoms with E-state index in [1.54, 1.807) is 0 Å². The van der Waals surface area contributed by atoms with Crippen LogP contribution in [-0.2, 0) is 0 Å². The second-order valence-corrected chi connectivity index (χ2v) is 4.74. The van der Waals surface area contributed by atoms with Crippen LogP contribution >= 0.6 is 0 Å². The van der Waals surface area contributed by atoms with Crippen molar-refractivity contribution in [2.24, 2.45) is 10.8 Å². The molecule has 0 aromatic heterocycles. The van der Waals surface area contributed by atoms with Gasteiger partial charge in [0.2, 0.25) is 0 Å². The Morgan fingerprint density at radius 3 is 2.38 bits per heavy atom. The van der Waals surface area contributed by atoms with Crippen molar-refractivity contribution in [1.29, 1.82) is 0 Å². The number of nitrogens with zero attached hydrogens (tertiary/aromatic N) is 2. The van der Waals surface area contributed by atoms with Crippen molar-refractivity contribution in [3.8, 4) is 0 Å². The van der Waals surface area contributed by atoms with Crippen LogP contribution in [0.2, 0.25) is 0 Å². The van der Waals surface area contributed by atoms with Crippen LogP contribution in [0, 0.1) is 0 Å². The Kier molecular flexibility index (Phi) is 2.86. The number of benzene rings is 1. The molecule has 3 heteroatoms. The van der Waals surface area contributed by atoms with Crippen LogP contribution in [0.3, 0.4) is 0 Å². The number of anilines is 1. The van der Waals surface area contributed by atoms with Crippen molar-refractivity contribution in [3.63, 3.8) is 0 Å². The van der Waals surface area contributed by atoms with Gasteiger partial charge in [-0.25, -0.2) is 0 Å². The van der Waals surface area contributed by atoms with E-state index in [2.05, 4.69) is 50.1 Å². The molecule has 1 aromatic rings. The summed E-state index contributed by atoms with van der Waals surface area (Å²) in [5, 5.41) is 6.34. The second-order valence-electron chi connectivity index (χ2n) is 4.74. The molecule has 0 saturated carbocycles. The molecule has 0 spiro atoms. The van der Waals surface area contributed by atoms with Gasteiger partial charge in [0.05, 0.1) is 11.7 Å². The van der Waals surface area contributed by atoms with Crippen LogP contribution < -0.4 is 10.7 Å². The van der Waals surface area contributed by atoms with Crippen molar-refractivity contribution in [2.75, 3.05) is 5.01 Å². The molecule has 1 aliphatic heterocycles. The van der Waals surface area contributed by atoms with Crippen molar-refractivity contribution in [1.82, 2.24) is 0 Å². The first-order chi connectivity index (χ1) is 7.58. The summed E-state index contributed by atoms with van der Waals surface area (Å²) in [4.78, 5) is 0. The highest BCUT2D eigenvalue weighted by molar-refractivity contribution is 5.84. The maximum Gasteiger partial charge on any atom is 0.122 e.